The number of benzene rings is 1. The van der Waals surface area contributed by atoms with E-state index in [4.69, 9.17) is 4.74 Å². The number of nitrogens with one attached hydrogen (secondary N) is 1. The van der Waals surface area contributed by atoms with Crippen molar-refractivity contribution < 1.29 is 4.74 Å². The van der Waals surface area contributed by atoms with Crippen LogP contribution in [0.5, 0.6) is 5.75 Å². The van der Waals surface area contributed by atoms with Crippen LogP contribution in [0.4, 0.5) is 0 Å². The van der Waals surface area contributed by atoms with Gasteiger partial charge in [0.2, 0.25) is 0 Å². The molecule has 0 amide bonds. The summed E-state index contributed by atoms with van der Waals surface area (Å²) in [5, 5.41) is 5.34. The summed E-state index contributed by atoms with van der Waals surface area (Å²) in [5.74, 6) is 0.863. The Morgan fingerprint density at radius 2 is 2.33 bits per heavy atom. The zero-order chi connectivity index (χ0) is 14.7. The summed E-state index contributed by atoms with van der Waals surface area (Å²) in [5.41, 5.74) is 2.14. The number of halogens is 1. The van der Waals surface area contributed by atoms with E-state index in [1.807, 2.05) is 34.3 Å². The van der Waals surface area contributed by atoms with E-state index in [1.54, 1.807) is 11.3 Å². The van der Waals surface area contributed by atoms with Crippen molar-refractivity contribution in [1.29, 1.82) is 0 Å². The van der Waals surface area contributed by atoms with Gasteiger partial charge in [0.05, 0.1) is 5.69 Å². The van der Waals surface area contributed by atoms with Gasteiger partial charge in [-0.2, -0.15) is 0 Å². The van der Waals surface area contributed by atoms with Crippen LogP contribution >= 0.6 is 27.3 Å². The molecule has 6 heteroatoms. The van der Waals surface area contributed by atoms with Crippen molar-refractivity contribution in [3.63, 3.8) is 0 Å². The van der Waals surface area contributed by atoms with Gasteiger partial charge < -0.3 is 10.1 Å². The summed E-state index contributed by atoms with van der Waals surface area (Å²) < 4.78 is 8.96. The first-order valence-electron chi connectivity index (χ1n) is 6.79. The second kappa shape index (κ2) is 6.60. The predicted molar refractivity (Wildman–Crippen MR) is 88.9 cm³/mol. The molecule has 0 spiro atoms. The molecule has 0 radical (unpaired) electrons. The average Bonchev–Trinajstić information content (AvgIpc) is 3.06. The minimum Gasteiger partial charge on any atom is -0.487 e. The maximum Gasteiger partial charge on any atom is 0.193 e. The Morgan fingerprint density at radius 3 is 3.14 bits per heavy atom. The molecule has 0 unspecified atom stereocenters. The quantitative estimate of drug-likeness (QED) is 0.720. The Balaban J connectivity index is 1.68. The van der Waals surface area contributed by atoms with Crippen LogP contribution in [-0.4, -0.2) is 15.9 Å². The highest BCUT2D eigenvalue weighted by molar-refractivity contribution is 9.10. The van der Waals surface area contributed by atoms with E-state index in [9.17, 15) is 0 Å². The van der Waals surface area contributed by atoms with Gasteiger partial charge in [-0.1, -0.05) is 22.9 Å². The van der Waals surface area contributed by atoms with Crippen molar-refractivity contribution in [3.8, 4) is 5.75 Å². The van der Waals surface area contributed by atoms with Gasteiger partial charge in [0.1, 0.15) is 12.4 Å². The smallest absolute Gasteiger partial charge is 0.193 e. The first-order chi connectivity index (χ1) is 10.3. The molecular formula is C15H16BrN3OS. The van der Waals surface area contributed by atoms with Gasteiger partial charge in [-0.3, -0.25) is 4.40 Å². The van der Waals surface area contributed by atoms with Gasteiger partial charge in [0.25, 0.3) is 0 Å². The van der Waals surface area contributed by atoms with Crippen LogP contribution in [0.2, 0.25) is 0 Å². The molecule has 4 nitrogen and oxygen atoms in total. The van der Waals surface area contributed by atoms with Crippen LogP contribution in [-0.2, 0) is 13.2 Å². The molecule has 1 N–H and O–H groups in total. The van der Waals surface area contributed by atoms with E-state index >= 15 is 0 Å². The van der Waals surface area contributed by atoms with Crippen molar-refractivity contribution in [2.45, 2.75) is 20.1 Å². The van der Waals surface area contributed by atoms with Gasteiger partial charge in [-0.25, -0.2) is 4.98 Å². The fourth-order valence-corrected chi connectivity index (χ4v) is 3.14. The number of nitrogens with zero attached hydrogens (tertiary/aromatic N) is 2. The normalized spacial score (nSPS) is 11.1. The lowest BCUT2D eigenvalue weighted by Gasteiger charge is -2.09. The largest absolute Gasteiger partial charge is 0.487 e. The molecule has 0 aliphatic heterocycles. The summed E-state index contributed by atoms with van der Waals surface area (Å²) >= 11 is 5.19. The lowest BCUT2D eigenvalue weighted by Crippen LogP contribution is -2.12. The highest BCUT2D eigenvalue weighted by Crippen LogP contribution is 2.23. The number of aromatic nitrogens is 2. The standard InChI is InChI=1S/C15H16BrN3OS/c1-2-17-8-11-7-13(3-4-14(11)16)20-10-12-9-19-5-6-21-15(19)18-12/h3-7,9,17H,2,8,10H2,1H3. The fourth-order valence-electron chi connectivity index (χ4n) is 2.04. The van der Waals surface area contributed by atoms with Crippen LogP contribution < -0.4 is 10.1 Å². The molecule has 0 aliphatic carbocycles. The van der Waals surface area contributed by atoms with Crippen LogP contribution in [0.25, 0.3) is 4.96 Å². The minimum absolute atomic E-state index is 0.483. The van der Waals surface area contributed by atoms with Gasteiger partial charge >= 0.3 is 0 Å². The number of rotatable bonds is 6. The van der Waals surface area contributed by atoms with Crippen molar-refractivity contribution in [2.75, 3.05) is 6.54 Å². The fraction of sp³-hybridized carbons (Fsp3) is 0.267. The number of imidazole rings is 1. The molecular weight excluding hydrogens is 350 g/mol. The first kappa shape index (κ1) is 14.6. The maximum atomic E-state index is 5.85. The molecule has 21 heavy (non-hydrogen) atoms. The van der Waals surface area contributed by atoms with Crippen LogP contribution in [0.1, 0.15) is 18.2 Å². The second-order valence-corrected chi connectivity index (χ2v) is 6.37. The maximum absolute atomic E-state index is 5.85. The third-order valence-corrected chi connectivity index (χ3v) is 4.66. The predicted octanol–water partition coefficient (Wildman–Crippen LogP) is 3.85. The van der Waals surface area contributed by atoms with E-state index in [0.717, 1.165) is 34.0 Å². The summed E-state index contributed by atoms with van der Waals surface area (Å²) in [6.07, 6.45) is 4.01. The monoisotopic (exact) mass is 365 g/mol. The Labute approximate surface area is 135 Å². The molecule has 0 saturated heterocycles. The van der Waals surface area contributed by atoms with Crippen molar-refractivity contribution in [1.82, 2.24) is 14.7 Å². The molecule has 0 fully saturated rings. The Morgan fingerprint density at radius 1 is 1.43 bits per heavy atom. The first-order valence-corrected chi connectivity index (χ1v) is 8.46. The number of hydrogen-bond acceptors (Lipinski definition) is 4. The van der Waals surface area contributed by atoms with E-state index in [2.05, 4.69) is 39.2 Å². The Bertz CT molecular complexity index is 709. The van der Waals surface area contributed by atoms with Crippen molar-refractivity contribution in [2.24, 2.45) is 0 Å². The van der Waals surface area contributed by atoms with Crippen LogP contribution in [0.15, 0.2) is 40.4 Å². The van der Waals surface area contributed by atoms with Crippen LogP contribution in [0, 0.1) is 0 Å². The van der Waals surface area contributed by atoms with Crippen molar-refractivity contribution >= 4 is 32.2 Å². The lowest BCUT2D eigenvalue weighted by atomic mass is 10.2. The molecule has 0 aliphatic rings. The highest BCUT2D eigenvalue weighted by Gasteiger charge is 2.05. The number of fused-ring (bicyclic) bond motifs is 1. The molecule has 0 atom stereocenters. The number of thiazole rings is 1. The van der Waals surface area contributed by atoms with Gasteiger partial charge in [0.15, 0.2) is 4.96 Å². The van der Waals surface area contributed by atoms with Gasteiger partial charge in [-0.05, 0) is 30.3 Å². The second-order valence-electron chi connectivity index (χ2n) is 4.65. The van der Waals surface area contributed by atoms with Crippen molar-refractivity contribution in [3.05, 3.63) is 51.7 Å². The summed E-state index contributed by atoms with van der Waals surface area (Å²) in [6, 6.07) is 6.05. The Kier molecular flexibility index (Phi) is 4.57. The lowest BCUT2D eigenvalue weighted by molar-refractivity contribution is 0.301. The molecule has 0 saturated carbocycles. The zero-order valence-corrected chi connectivity index (χ0v) is 14.1. The third-order valence-electron chi connectivity index (χ3n) is 3.11. The Hall–Kier alpha value is -1.37. The molecule has 110 valence electrons. The highest BCUT2D eigenvalue weighted by atomic mass is 79.9. The molecule has 2 heterocycles. The zero-order valence-electron chi connectivity index (χ0n) is 11.7. The summed E-state index contributed by atoms with van der Waals surface area (Å²) in [7, 11) is 0. The molecule has 2 aromatic heterocycles. The van der Waals surface area contributed by atoms with E-state index in [1.165, 1.54) is 5.56 Å². The van der Waals surface area contributed by atoms with E-state index in [-0.39, 0.29) is 0 Å². The number of hydrogen-bond donors (Lipinski definition) is 1. The summed E-state index contributed by atoms with van der Waals surface area (Å²) in [6.45, 7) is 4.35. The van der Waals surface area contributed by atoms with Gasteiger partial charge in [-0.15, -0.1) is 11.3 Å². The third kappa shape index (κ3) is 3.45. The van der Waals surface area contributed by atoms with E-state index in [0.29, 0.717) is 6.61 Å². The molecule has 3 rings (SSSR count). The molecule has 0 bridgehead atoms. The molecule has 1 aromatic carbocycles. The molecule has 3 aromatic rings. The average molecular weight is 366 g/mol. The SMILES string of the molecule is CCNCc1cc(OCc2cn3ccsc3n2)ccc1Br. The number of ether oxygens (including phenoxy) is 1. The topological polar surface area (TPSA) is 38.6 Å². The van der Waals surface area contributed by atoms with Crippen LogP contribution in [0.3, 0.4) is 0 Å². The van der Waals surface area contributed by atoms with E-state index < -0.39 is 0 Å². The summed E-state index contributed by atoms with van der Waals surface area (Å²) in [4.78, 5) is 5.51. The minimum atomic E-state index is 0.483. The van der Waals surface area contributed by atoms with Gasteiger partial charge in [0, 0.05) is 28.8 Å².